The van der Waals surface area contributed by atoms with E-state index in [1.807, 2.05) is 18.2 Å². The van der Waals surface area contributed by atoms with Gasteiger partial charge < -0.3 is 0 Å². The second-order valence-corrected chi connectivity index (χ2v) is 5.59. The average Bonchev–Trinajstić information content (AvgIpc) is 2.16. The lowest BCUT2D eigenvalue weighted by Crippen LogP contribution is -2.39. The molecule has 1 rings (SSSR count). The quantitative estimate of drug-likeness (QED) is 0.802. The first-order valence-electron chi connectivity index (χ1n) is 4.59. The van der Waals surface area contributed by atoms with Crippen LogP contribution in [0.4, 0.5) is 0 Å². The van der Waals surface area contributed by atoms with Crippen molar-refractivity contribution in [3.8, 4) is 0 Å². The van der Waals surface area contributed by atoms with E-state index in [1.165, 1.54) is 0 Å². The molecule has 0 amide bonds. The number of carbonyl (C=O) groups is 1. The van der Waals surface area contributed by atoms with E-state index >= 15 is 0 Å². The summed E-state index contributed by atoms with van der Waals surface area (Å²) in [6, 6.07) is 8.15. The number of nitrogens with one attached hydrogen (secondary N) is 1. The molecule has 88 valence electrons. The summed E-state index contributed by atoms with van der Waals surface area (Å²) in [6.45, 7) is 0. The SMILES string of the molecule is CS(=O)(=O)N[C@@H](Cc1ccccc1)C(=O)Cl. The molecule has 0 saturated carbocycles. The Morgan fingerprint density at radius 3 is 2.38 bits per heavy atom. The van der Waals surface area contributed by atoms with Crippen molar-refractivity contribution in [2.45, 2.75) is 12.5 Å². The summed E-state index contributed by atoms with van der Waals surface area (Å²) in [5.41, 5.74) is 0.845. The zero-order valence-corrected chi connectivity index (χ0v) is 10.3. The monoisotopic (exact) mass is 261 g/mol. The molecule has 0 aromatic heterocycles. The normalized spacial score (nSPS) is 13.4. The maximum absolute atomic E-state index is 11.1. The second kappa shape index (κ2) is 5.43. The van der Waals surface area contributed by atoms with Gasteiger partial charge in [0.2, 0.25) is 15.3 Å². The second-order valence-electron chi connectivity index (χ2n) is 3.44. The van der Waals surface area contributed by atoms with Crippen LogP contribution in [-0.4, -0.2) is 26.0 Å². The Kier molecular flexibility index (Phi) is 4.46. The smallest absolute Gasteiger partial charge is 0.239 e. The molecular formula is C10H12ClNO3S. The van der Waals surface area contributed by atoms with Crippen LogP contribution in [0.1, 0.15) is 5.56 Å². The minimum absolute atomic E-state index is 0.246. The highest BCUT2D eigenvalue weighted by molar-refractivity contribution is 7.88. The van der Waals surface area contributed by atoms with Crippen LogP contribution in [0, 0.1) is 0 Å². The lowest BCUT2D eigenvalue weighted by Gasteiger charge is -2.12. The fourth-order valence-corrected chi connectivity index (χ4v) is 2.18. The molecule has 1 N–H and O–H groups in total. The number of hydrogen-bond acceptors (Lipinski definition) is 3. The highest BCUT2D eigenvalue weighted by atomic mass is 35.5. The molecule has 0 fully saturated rings. The van der Waals surface area contributed by atoms with Gasteiger partial charge in [-0.15, -0.1) is 0 Å². The van der Waals surface area contributed by atoms with Crippen molar-refractivity contribution in [1.29, 1.82) is 0 Å². The van der Waals surface area contributed by atoms with E-state index < -0.39 is 21.3 Å². The maximum Gasteiger partial charge on any atom is 0.239 e. The zero-order valence-electron chi connectivity index (χ0n) is 8.68. The summed E-state index contributed by atoms with van der Waals surface area (Å²) >= 11 is 5.33. The van der Waals surface area contributed by atoms with Gasteiger partial charge in [-0.05, 0) is 23.6 Å². The Balaban J connectivity index is 2.77. The van der Waals surface area contributed by atoms with Crippen molar-refractivity contribution >= 4 is 26.9 Å². The van der Waals surface area contributed by atoms with Crippen LogP contribution in [0.25, 0.3) is 0 Å². The largest absolute Gasteiger partial charge is 0.279 e. The minimum atomic E-state index is -3.44. The summed E-state index contributed by atoms with van der Waals surface area (Å²) < 4.78 is 24.2. The summed E-state index contributed by atoms with van der Waals surface area (Å²) in [6.07, 6.45) is 1.24. The molecule has 1 aromatic rings. The minimum Gasteiger partial charge on any atom is -0.279 e. The molecule has 0 aliphatic heterocycles. The molecule has 0 radical (unpaired) electrons. The molecule has 4 nitrogen and oxygen atoms in total. The molecule has 6 heteroatoms. The van der Waals surface area contributed by atoms with Crippen LogP contribution < -0.4 is 4.72 Å². The summed E-state index contributed by atoms with van der Waals surface area (Å²) in [5.74, 6) is 0. The fraction of sp³-hybridized carbons (Fsp3) is 0.300. The van der Waals surface area contributed by atoms with Crippen molar-refractivity contribution < 1.29 is 13.2 Å². The molecule has 0 saturated heterocycles. The molecule has 16 heavy (non-hydrogen) atoms. The van der Waals surface area contributed by atoms with Gasteiger partial charge >= 0.3 is 0 Å². The first-order chi connectivity index (χ1) is 7.38. The zero-order chi connectivity index (χ0) is 12.2. The molecule has 1 atom stereocenters. The Labute approximate surface area is 99.7 Å². The van der Waals surface area contributed by atoms with Crippen LogP contribution >= 0.6 is 11.6 Å². The number of hydrogen-bond donors (Lipinski definition) is 1. The molecular weight excluding hydrogens is 250 g/mol. The van der Waals surface area contributed by atoms with E-state index in [2.05, 4.69) is 4.72 Å². The van der Waals surface area contributed by atoms with Crippen LogP contribution in [0.3, 0.4) is 0 Å². The third-order valence-electron chi connectivity index (χ3n) is 1.91. The molecule has 0 unspecified atom stereocenters. The van der Waals surface area contributed by atoms with Crippen molar-refractivity contribution in [3.63, 3.8) is 0 Å². The Bertz CT molecular complexity index is 458. The summed E-state index contributed by atoms with van der Waals surface area (Å²) in [4.78, 5) is 11.1. The third kappa shape index (κ3) is 4.74. The summed E-state index contributed by atoms with van der Waals surface area (Å²) in [5, 5.41) is -0.714. The van der Waals surface area contributed by atoms with E-state index in [9.17, 15) is 13.2 Å². The Morgan fingerprint density at radius 2 is 1.94 bits per heavy atom. The van der Waals surface area contributed by atoms with Crippen molar-refractivity contribution in [2.24, 2.45) is 0 Å². The number of benzene rings is 1. The third-order valence-corrected chi connectivity index (χ3v) is 2.89. The number of rotatable bonds is 5. The highest BCUT2D eigenvalue weighted by Crippen LogP contribution is 2.06. The van der Waals surface area contributed by atoms with Gasteiger partial charge in [0.15, 0.2) is 0 Å². The van der Waals surface area contributed by atoms with Gasteiger partial charge in [0.05, 0.1) is 12.3 Å². The standard InChI is InChI=1S/C10H12ClNO3S/c1-16(14,15)12-9(10(11)13)7-8-5-3-2-4-6-8/h2-6,9,12H,7H2,1H3/t9-/m0/s1. The first-order valence-corrected chi connectivity index (χ1v) is 6.86. The van der Waals surface area contributed by atoms with Crippen molar-refractivity contribution in [2.75, 3.05) is 6.26 Å². The number of carbonyl (C=O) groups excluding carboxylic acids is 1. The van der Waals surface area contributed by atoms with E-state index in [-0.39, 0.29) is 6.42 Å². The van der Waals surface area contributed by atoms with Gasteiger partial charge in [0.25, 0.3) is 0 Å². The van der Waals surface area contributed by atoms with Gasteiger partial charge in [-0.1, -0.05) is 30.3 Å². The van der Waals surface area contributed by atoms with E-state index in [1.54, 1.807) is 12.1 Å². The van der Waals surface area contributed by atoms with Crippen LogP contribution in [0.2, 0.25) is 0 Å². The van der Waals surface area contributed by atoms with E-state index in [4.69, 9.17) is 11.6 Å². The molecule has 1 aromatic carbocycles. The van der Waals surface area contributed by atoms with Gasteiger partial charge in [-0.25, -0.2) is 13.1 Å². The van der Waals surface area contributed by atoms with E-state index in [0.717, 1.165) is 11.8 Å². The average molecular weight is 262 g/mol. The van der Waals surface area contributed by atoms with Crippen molar-refractivity contribution in [1.82, 2.24) is 4.72 Å². The molecule has 0 aliphatic rings. The van der Waals surface area contributed by atoms with Crippen molar-refractivity contribution in [3.05, 3.63) is 35.9 Å². The van der Waals surface area contributed by atoms with Crippen LogP contribution in [-0.2, 0) is 21.2 Å². The lowest BCUT2D eigenvalue weighted by atomic mass is 10.1. The number of sulfonamides is 1. The molecule has 0 spiro atoms. The number of halogens is 1. The predicted molar refractivity (Wildman–Crippen MR) is 62.8 cm³/mol. The topological polar surface area (TPSA) is 63.2 Å². The lowest BCUT2D eigenvalue weighted by molar-refractivity contribution is -0.113. The maximum atomic E-state index is 11.1. The first kappa shape index (κ1) is 13.2. The summed E-state index contributed by atoms with van der Waals surface area (Å²) in [7, 11) is -3.44. The molecule has 0 heterocycles. The van der Waals surface area contributed by atoms with Crippen LogP contribution in [0.5, 0.6) is 0 Å². The van der Waals surface area contributed by atoms with E-state index in [0.29, 0.717) is 0 Å². The predicted octanol–water partition coefficient (Wildman–Crippen LogP) is 0.912. The molecule has 0 bridgehead atoms. The highest BCUT2D eigenvalue weighted by Gasteiger charge is 2.20. The molecule has 0 aliphatic carbocycles. The van der Waals surface area contributed by atoms with Gasteiger partial charge in [-0.3, -0.25) is 4.79 Å². The fourth-order valence-electron chi connectivity index (χ4n) is 1.28. The van der Waals surface area contributed by atoms with Gasteiger partial charge in [-0.2, -0.15) is 0 Å². The Morgan fingerprint density at radius 1 is 1.38 bits per heavy atom. The van der Waals surface area contributed by atoms with Gasteiger partial charge in [0, 0.05) is 0 Å². The van der Waals surface area contributed by atoms with Crippen LogP contribution in [0.15, 0.2) is 30.3 Å². The van der Waals surface area contributed by atoms with Gasteiger partial charge in [0.1, 0.15) is 0 Å². The Hall–Kier alpha value is -0.910.